The van der Waals surface area contributed by atoms with Crippen LogP contribution in [0.15, 0.2) is 35.9 Å². The van der Waals surface area contributed by atoms with Gasteiger partial charge in [0.05, 0.1) is 13.2 Å². The number of rotatable bonds is 2. The quantitative estimate of drug-likeness (QED) is 0.677. The Morgan fingerprint density at radius 3 is 3.04 bits per heavy atom. The molecule has 4 heterocycles. The third-order valence-corrected chi connectivity index (χ3v) is 6.55. The molecule has 1 aliphatic carbocycles. The molecule has 2 aromatic rings. The first-order chi connectivity index (χ1) is 12.2. The Morgan fingerprint density at radius 1 is 1.40 bits per heavy atom. The summed E-state index contributed by atoms with van der Waals surface area (Å²) in [6.45, 7) is 4.28. The zero-order valence-corrected chi connectivity index (χ0v) is 14.8. The van der Waals surface area contributed by atoms with Crippen LogP contribution >= 0.6 is 0 Å². The van der Waals surface area contributed by atoms with Crippen LogP contribution in [0.3, 0.4) is 0 Å². The summed E-state index contributed by atoms with van der Waals surface area (Å²) in [5.74, 6) is 0.345. The van der Waals surface area contributed by atoms with Crippen molar-refractivity contribution in [3.05, 3.63) is 47.2 Å². The van der Waals surface area contributed by atoms with Crippen LogP contribution in [0.4, 0.5) is 0 Å². The van der Waals surface area contributed by atoms with E-state index in [0.29, 0.717) is 5.92 Å². The number of nitrogens with zero attached hydrogens (tertiary/aromatic N) is 1. The van der Waals surface area contributed by atoms with Gasteiger partial charge < -0.3 is 9.72 Å². The minimum absolute atomic E-state index is 0.0824. The first-order valence-electron chi connectivity index (χ1n) is 9.32. The maximum atomic E-state index is 13.2. The number of ether oxygens (including phenoxy) is 1. The standard InChI is InChI=1S/C21H24N2O2/c1-3-14-10-13-11-21(20(24)25-2)18-16(8-9-23(12-13)19(14)21)15-6-4-5-7-17(15)22-18/h4-7,10,13,19,22H,3,8-9,11-12H2,1-2H3/t13-,19?,21+/m1/s1. The van der Waals surface area contributed by atoms with Crippen LogP contribution in [0.25, 0.3) is 10.9 Å². The number of esters is 1. The molecule has 4 aliphatic rings. The molecule has 130 valence electrons. The number of aromatic amines is 1. The molecule has 4 bridgehead atoms. The summed E-state index contributed by atoms with van der Waals surface area (Å²) in [4.78, 5) is 19.4. The summed E-state index contributed by atoms with van der Waals surface area (Å²) in [6, 6.07) is 8.56. The number of hydrogen-bond acceptors (Lipinski definition) is 3. The average molecular weight is 336 g/mol. The van der Waals surface area contributed by atoms with Crippen molar-refractivity contribution in [1.29, 1.82) is 0 Å². The molecule has 6 rings (SSSR count). The van der Waals surface area contributed by atoms with Gasteiger partial charge in [0, 0.05) is 29.7 Å². The van der Waals surface area contributed by atoms with Crippen LogP contribution in [-0.2, 0) is 21.4 Å². The van der Waals surface area contributed by atoms with Crippen molar-refractivity contribution in [2.45, 2.75) is 37.6 Å². The largest absolute Gasteiger partial charge is 0.468 e. The molecule has 1 aromatic heterocycles. The van der Waals surface area contributed by atoms with Gasteiger partial charge in [-0.2, -0.15) is 0 Å². The first-order valence-corrected chi connectivity index (χ1v) is 9.32. The SMILES string of the molecule is CCC1=C[C@H]2CN3CCc4c([nH]c5ccccc45)[C@@](C(=O)OC)(C2)C13. The Kier molecular flexibility index (Phi) is 3.17. The molecular formula is C21H24N2O2. The van der Waals surface area contributed by atoms with E-state index in [1.165, 1.54) is 23.6 Å². The van der Waals surface area contributed by atoms with Gasteiger partial charge in [0.1, 0.15) is 5.41 Å². The lowest BCUT2D eigenvalue weighted by Gasteiger charge is -2.53. The van der Waals surface area contributed by atoms with Crippen molar-refractivity contribution in [2.24, 2.45) is 5.92 Å². The predicted octanol–water partition coefficient (Wildman–Crippen LogP) is 3.18. The fourth-order valence-electron chi connectivity index (χ4n) is 5.71. The number of para-hydroxylation sites is 1. The molecule has 4 heteroatoms. The second kappa shape index (κ2) is 5.21. The van der Waals surface area contributed by atoms with Crippen molar-refractivity contribution in [1.82, 2.24) is 9.88 Å². The number of carbonyl (C=O) groups excluding carboxylic acids is 1. The van der Waals surface area contributed by atoms with E-state index in [1.807, 2.05) is 0 Å². The minimum Gasteiger partial charge on any atom is -0.468 e. The van der Waals surface area contributed by atoms with Gasteiger partial charge in [-0.25, -0.2) is 0 Å². The highest BCUT2D eigenvalue weighted by molar-refractivity contribution is 5.92. The fourth-order valence-corrected chi connectivity index (χ4v) is 5.71. The summed E-state index contributed by atoms with van der Waals surface area (Å²) < 4.78 is 5.41. The second-order valence-corrected chi connectivity index (χ2v) is 7.69. The molecule has 3 aliphatic heterocycles. The lowest BCUT2D eigenvalue weighted by Crippen LogP contribution is -2.63. The molecule has 4 nitrogen and oxygen atoms in total. The number of hydrogen-bond donors (Lipinski definition) is 1. The summed E-state index contributed by atoms with van der Waals surface area (Å²) >= 11 is 0. The van der Waals surface area contributed by atoms with E-state index < -0.39 is 5.41 Å². The second-order valence-electron chi connectivity index (χ2n) is 7.69. The van der Waals surface area contributed by atoms with E-state index in [9.17, 15) is 4.79 Å². The van der Waals surface area contributed by atoms with E-state index in [0.717, 1.165) is 43.6 Å². The molecule has 1 fully saturated rings. The number of methoxy groups -OCH3 is 1. The van der Waals surface area contributed by atoms with Gasteiger partial charge in [0.25, 0.3) is 0 Å². The molecular weight excluding hydrogens is 312 g/mol. The molecule has 25 heavy (non-hydrogen) atoms. The van der Waals surface area contributed by atoms with Crippen molar-refractivity contribution in [2.75, 3.05) is 20.2 Å². The van der Waals surface area contributed by atoms with E-state index in [4.69, 9.17) is 4.74 Å². The van der Waals surface area contributed by atoms with Crippen LogP contribution in [0.5, 0.6) is 0 Å². The number of benzene rings is 1. The molecule has 1 saturated heterocycles. The molecule has 2 unspecified atom stereocenters. The van der Waals surface area contributed by atoms with Crippen molar-refractivity contribution in [3.63, 3.8) is 0 Å². The number of H-pyrrole nitrogens is 1. The monoisotopic (exact) mass is 336 g/mol. The maximum absolute atomic E-state index is 13.2. The van der Waals surface area contributed by atoms with Crippen molar-refractivity contribution < 1.29 is 9.53 Å². The number of aromatic nitrogens is 1. The van der Waals surface area contributed by atoms with Gasteiger partial charge in [-0.05, 0) is 36.8 Å². The third kappa shape index (κ3) is 1.83. The topological polar surface area (TPSA) is 45.3 Å². The summed E-state index contributed by atoms with van der Waals surface area (Å²) in [5, 5.41) is 1.26. The lowest BCUT2D eigenvalue weighted by molar-refractivity contribution is -0.153. The zero-order valence-electron chi connectivity index (χ0n) is 14.8. The third-order valence-electron chi connectivity index (χ3n) is 6.55. The van der Waals surface area contributed by atoms with Crippen LogP contribution in [-0.4, -0.2) is 42.1 Å². The smallest absolute Gasteiger partial charge is 0.319 e. The van der Waals surface area contributed by atoms with Gasteiger partial charge in [-0.3, -0.25) is 9.69 Å². The Labute approximate surface area is 147 Å². The van der Waals surface area contributed by atoms with Crippen LogP contribution in [0, 0.1) is 5.92 Å². The summed E-state index contributed by atoms with van der Waals surface area (Å²) in [5.41, 5.74) is 4.36. The molecule has 0 amide bonds. The van der Waals surface area contributed by atoms with Crippen molar-refractivity contribution in [3.8, 4) is 0 Å². The van der Waals surface area contributed by atoms with Crippen LogP contribution < -0.4 is 0 Å². The van der Waals surface area contributed by atoms with E-state index >= 15 is 0 Å². The highest BCUT2D eigenvalue weighted by Crippen LogP contribution is 2.52. The van der Waals surface area contributed by atoms with Crippen LogP contribution in [0.2, 0.25) is 0 Å². The Hall–Kier alpha value is -2.07. The van der Waals surface area contributed by atoms with E-state index in [-0.39, 0.29) is 12.0 Å². The number of nitrogens with one attached hydrogen (secondary N) is 1. The average Bonchev–Trinajstić information content (AvgIpc) is 3.00. The zero-order chi connectivity index (χ0) is 17.2. The first kappa shape index (κ1) is 15.2. The fraction of sp³-hybridized carbons (Fsp3) is 0.476. The number of fused-ring (bicyclic) bond motifs is 3. The van der Waals surface area contributed by atoms with Gasteiger partial charge in [-0.15, -0.1) is 0 Å². The van der Waals surface area contributed by atoms with Gasteiger partial charge in [0.15, 0.2) is 0 Å². The Morgan fingerprint density at radius 2 is 2.24 bits per heavy atom. The molecule has 1 aromatic carbocycles. The van der Waals surface area contributed by atoms with Gasteiger partial charge in [0.2, 0.25) is 0 Å². The van der Waals surface area contributed by atoms with Crippen LogP contribution in [0.1, 0.15) is 31.0 Å². The van der Waals surface area contributed by atoms with Gasteiger partial charge >= 0.3 is 5.97 Å². The number of carbonyl (C=O) groups is 1. The minimum atomic E-state index is -0.595. The Balaban J connectivity index is 1.83. The Bertz CT molecular complexity index is 896. The molecule has 0 saturated carbocycles. The number of piperidine rings is 1. The molecule has 0 spiro atoms. The lowest BCUT2D eigenvalue weighted by atomic mass is 9.60. The molecule has 1 N–H and O–H groups in total. The normalized spacial score (nSPS) is 32.9. The summed E-state index contributed by atoms with van der Waals surface area (Å²) in [6.07, 6.45) is 5.25. The molecule has 4 atom stereocenters. The highest BCUT2D eigenvalue weighted by atomic mass is 16.5. The van der Waals surface area contributed by atoms with Crippen molar-refractivity contribution >= 4 is 16.9 Å². The van der Waals surface area contributed by atoms with E-state index in [2.05, 4.69) is 47.1 Å². The van der Waals surface area contributed by atoms with E-state index in [1.54, 1.807) is 0 Å². The summed E-state index contributed by atoms with van der Waals surface area (Å²) in [7, 11) is 1.53. The molecule has 0 radical (unpaired) electrons. The maximum Gasteiger partial charge on any atom is 0.319 e. The highest BCUT2D eigenvalue weighted by Gasteiger charge is 2.60. The van der Waals surface area contributed by atoms with Gasteiger partial charge in [-0.1, -0.05) is 36.8 Å². The predicted molar refractivity (Wildman–Crippen MR) is 97.5 cm³/mol.